The Morgan fingerprint density at radius 2 is 2.00 bits per heavy atom. The van der Waals surface area contributed by atoms with E-state index in [1.54, 1.807) is 0 Å². The largest absolute Gasteiger partial charge is 0.335 e. The van der Waals surface area contributed by atoms with Crippen molar-refractivity contribution in [3.05, 3.63) is 29.8 Å². The van der Waals surface area contributed by atoms with Crippen molar-refractivity contribution in [2.24, 2.45) is 11.1 Å². The van der Waals surface area contributed by atoms with Crippen LogP contribution in [0.15, 0.2) is 24.3 Å². The van der Waals surface area contributed by atoms with E-state index >= 15 is 0 Å². The van der Waals surface area contributed by atoms with Crippen LogP contribution >= 0.6 is 0 Å². The van der Waals surface area contributed by atoms with Crippen LogP contribution in [0.25, 0.3) is 0 Å². The maximum atomic E-state index is 12.1. The van der Waals surface area contributed by atoms with Gasteiger partial charge in [-0.1, -0.05) is 26.0 Å². The molecule has 0 heterocycles. The molecule has 0 aromatic heterocycles. The number of nitrogens with two attached hydrogens (primary N) is 1. The smallest absolute Gasteiger partial charge is 0.319 e. The number of rotatable bonds is 3. The lowest BCUT2D eigenvalue weighted by Gasteiger charge is -2.34. The zero-order valence-corrected chi connectivity index (χ0v) is 13.3. The number of urea groups is 1. The molecule has 0 aliphatic heterocycles. The van der Waals surface area contributed by atoms with Crippen LogP contribution in [-0.2, 0) is 0 Å². The number of benzene rings is 1. The summed E-state index contributed by atoms with van der Waals surface area (Å²) in [5.41, 5.74) is 8.09. The van der Waals surface area contributed by atoms with E-state index in [0.717, 1.165) is 36.9 Å². The zero-order valence-electron chi connectivity index (χ0n) is 13.3. The third-order valence-electron chi connectivity index (χ3n) is 4.34. The van der Waals surface area contributed by atoms with E-state index in [4.69, 9.17) is 5.73 Å². The maximum absolute atomic E-state index is 12.1. The van der Waals surface area contributed by atoms with Crippen molar-refractivity contribution in [1.82, 2.24) is 5.32 Å². The summed E-state index contributed by atoms with van der Waals surface area (Å²) in [6.07, 6.45) is 4.44. The SMILES string of the molecule is CC(N)c1cccc(NC(=O)NC2CCC(C)(C)CC2)c1. The van der Waals surface area contributed by atoms with Crippen molar-refractivity contribution in [1.29, 1.82) is 0 Å². The third-order valence-corrected chi connectivity index (χ3v) is 4.34. The molecule has 1 aromatic carbocycles. The van der Waals surface area contributed by atoms with E-state index in [-0.39, 0.29) is 18.1 Å². The molecule has 1 aromatic rings. The number of amides is 2. The standard InChI is InChI=1S/C17H27N3O/c1-12(18)13-5-4-6-15(11-13)20-16(21)19-14-7-9-17(2,3)10-8-14/h4-6,11-12,14H,7-10,18H2,1-3H3,(H2,19,20,21). The predicted octanol–water partition coefficient (Wildman–Crippen LogP) is 3.80. The fraction of sp³-hybridized carbons (Fsp3) is 0.588. The van der Waals surface area contributed by atoms with Crippen LogP contribution in [-0.4, -0.2) is 12.1 Å². The van der Waals surface area contributed by atoms with E-state index in [2.05, 4.69) is 24.5 Å². The number of carbonyl (C=O) groups is 1. The Morgan fingerprint density at radius 1 is 1.33 bits per heavy atom. The van der Waals surface area contributed by atoms with Gasteiger partial charge in [0.2, 0.25) is 0 Å². The molecule has 116 valence electrons. The van der Waals surface area contributed by atoms with E-state index in [1.807, 2.05) is 31.2 Å². The Balaban J connectivity index is 1.86. The van der Waals surface area contributed by atoms with Crippen LogP contribution in [0, 0.1) is 5.41 Å². The summed E-state index contributed by atoms with van der Waals surface area (Å²) in [4.78, 5) is 12.1. The molecule has 0 spiro atoms. The number of hydrogen-bond acceptors (Lipinski definition) is 2. The molecule has 1 atom stereocenters. The zero-order chi connectivity index (χ0) is 15.5. The fourth-order valence-electron chi connectivity index (χ4n) is 2.80. The first kappa shape index (κ1) is 15.8. The van der Waals surface area contributed by atoms with Gasteiger partial charge in [0.25, 0.3) is 0 Å². The van der Waals surface area contributed by atoms with Gasteiger partial charge in [-0.3, -0.25) is 0 Å². The number of nitrogens with one attached hydrogen (secondary N) is 2. The highest BCUT2D eigenvalue weighted by Gasteiger charge is 2.27. The van der Waals surface area contributed by atoms with E-state index in [9.17, 15) is 4.79 Å². The quantitative estimate of drug-likeness (QED) is 0.792. The predicted molar refractivity (Wildman–Crippen MR) is 87.2 cm³/mol. The van der Waals surface area contributed by atoms with Crippen LogP contribution in [0.2, 0.25) is 0 Å². The highest BCUT2D eigenvalue weighted by atomic mass is 16.2. The van der Waals surface area contributed by atoms with Gasteiger partial charge >= 0.3 is 6.03 Å². The maximum Gasteiger partial charge on any atom is 0.319 e. The van der Waals surface area contributed by atoms with Crippen LogP contribution in [0.1, 0.15) is 58.1 Å². The van der Waals surface area contributed by atoms with Gasteiger partial charge in [0.05, 0.1) is 0 Å². The second kappa shape index (κ2) is 6.48. The minimum Gasteiger partial charge on any atom is -0.335 e. The molecular formula is C17H27N3O. The van der Waals surface area contributed by atoms with Crippen molar-refractivity contribution in [3.8, 4) is 0 Å². The first-order valence-electron chi connectivity index (χ1n) is 7.79. The second-order valence-corrected chi connectivity index (χ2v) is 6.95. The molecule has 2 amide bonds. The summed E-state index contributed by atoms with van der Waals surface area (Å²) in [5.74, 6) is 0. The average molecular weight is 289 g/mol. The fourth-order valence-corrected chi connectivity index (χ4v) is 2.80. The molecule has 1 aliphatic rings. The van der Waals surface area contributed by atoms with Gasteiger partial charge in [0.1, 0.15) is 0 Å². The summed E-state index contributed by atoms with van der Waals surface area (Å²) >= 11 is 0. The first-order chi connectivity index (χ1) is 9.85. The van der Waals surface area contributed by atoms with Crippen molar-refractivity contribution < 1.29 is 4.79 Å². The lowest BCUT2D eigenvalue weighted by Crippen LogP contribution is -2.41. The third kappa shape index (κ3) is 4.74. The van der Waals surface area contributed by atoms with E-state index < -0.39 is 0 Å². The molecule has 4 N–H and O–H groups in total. The lowest BCUT2D eigenvalue weighted by molar-refractivity contribution is 0.202. The van der Waals surface area contributed by atoms with Crippen LogP contribution in [0.4, 0.5) is 10.5 Å². The van der Waals surface area contributed by atoms with Gasteiger partial charge in [-0.2, -0.15) is 0 Å². The molecule has 1 unspecified atom stereocenters. The molecule has 1 aliphatic carbocycles. The van der Waals surface area contributed by atoms with E-state index in [0.29, 0.717) is 5.41 Å². The average Bonchev–Trinajstić information content (AvgIpc) is 2.41. The molecule has 4 heteroatoms. The highest BCUT2D eigenvalue weighted by molar-refractivity contribution is 5.89. The van der Waals surface area contributed by atoms with Crippen molar-refractivity contribution in [3.63, 3.8) is 0 Å². The minimum absolute atomic E-state index is 0.0320. The highest BCUT2D eigenvalue weighted by Crippen LogP contribution is 2.34. The number of hydrogen-bond donors (Lipinski definition) is 3. The summed E-state index contributed by atoms with van der Waals surface area (Å²) in [6, 6.07) is 7.82. The molecule has 0 saturated heterocycles. The van der Waals surface area contributed by atoms with Gasteiger partial charge in [-0.25, -0.2) is 4.79 Å². The molecule has 0 bridgehead atoms. The van der Waals surface area contributed by atoms with E-state index in [1.165, 1.54) is 0 Å². The van der Waals surface area contributed by atoms with Crippen molar-refractivity contribution >= 4 is 11.7 Å². The minimum atomic E-state index is -0.124. The normalized spacial score (nSPS) is 19.8. The molecule has 1 saturated carbocycles. The monoisotopic (exact) mass is 289 g/mol. The van der Waals surface area contributed by atoms with Gasteiger partial charge < -0.3 is 16.4 Å². The molecule has 4 nitrogen and oxygen atoms in total. The topological polar surface area (TPSA) is 67.1 Å². The van der Waals surface area contributed by atoms with Crippen LogP contribution in [0.5, 0.6) is 0 Å². The van der Waals surface area contributed by atoms with Crippen LogP contribution in [0.3, 0.4) is 0 Å². The van der Waals surface area contributed by atoms with Gasteiger partial charge in [-0.05, 0) is 55.7 Å². The summed E-state index contributed by atoms with van der Waals surface area (Å²) in [6.45, 7) is 6.52. The molecular weight excluding hydrogens is 262 g/mol. The summed E-state index contributed by atoms with van der Waals surface area (Å²) in [7, 11) is 0. The molecule has 21 heavy (non-hydrogen) atoms. The first-order valence-corrected chi connectivity index (χ1v) is 7.79. The van der Waals surface area contributed by atoms with Crippen molar-refractivity contribution in [2.45, 2.75) is 58.5 Å². The Morgan fingerprint density at radius 3 is 2.62 bits per heavy atom. The number of anilines is 1. The Hall–Kier alpha value is -1.55. The van der Waals surface area contributed by atoms with Gasteiger partial charge in [-0.15, -0.1) is 0 Å². The summed E-state index contributed by atoms with van der Waals surface area (Å²) in [5, 5.41) is 5.97. The Labute approximate surface area is 127 Å². The number of carbonyl (C=O) groups excluding carboxylic acids is 1. The molecule has 2 rings (SSSR count). The Kier molecular flexibility index (Phi) is 4.88. The molecule has 1 fully saturated rings. The summed E-state index contributed by atoms with van der Waals surface area (Å²) < 4.78 is 0. The second-order valence-electron chi connectivity index (χ2n) is 6.95. The van der Waals surface area contributed by atoms with Gasteiger partial charge in [0.15, 0.2) is 0 Å². The molecule has 0 radical (unpaired) electrons. The lowest BCUT2D eigenvalue weighted by atomic mass is 9.76. The Bertz CT molecular complexity index is 487. The van der Waals surface area contributed by atoms with Gasteiger partial charge in [0, 0.05) is 17.8 Å². The van der Waals surface area contributed by atoms with Crippen molar-refractivity contribution in [2.75, 3.05) is 5.32 Å². The van der Waals surface area contributed by atoms with Crippen LogP contribution < -0.4 is 16.4 Å².